The largest absolute Gasteiger partial charge is 0.483 e. The van der Waals surface area contributed by atoms with Gasteiger partial charge in [-0.05, 0) is 41.7 Å². The number of amides is 1. The molecule has 0 fully saturated rings. The standard InChI is InChI=1S/C32H30N2O5/c1-20-11-7-9-15-23(20)27(24-16-10-8-12-21(24)2)26-17-33-31(36)28-30(39-19-22-13-5-4-6-14-22)29(35)25(18-34(26)28)32(37)38-3/h4-16,18,26-27H,17,19H2,1-3H3,(H,33,36). The molecule has 1 aliphatic heterocycles. The lowest BCUT2D eigenvalue weighted by molar-refractivity contribution is 0.0595. The molecule has 0 saturated carbocycles. The summed E-state index contributed by atoms with van der Waals surface area (Å²) in [5.74, 6) is -1.58. The van der Waals surface area contributed by atoms with Crippen LogP contribution in [0, 0.1) is 13.8 Å². The molecule has 7 nitrogen and oxygen atoms in total. The van der Waals surface area contributed by atoms with Gasteiger partial charge in [-0.2, -0.15) is 0 Å². The van der Waals surface area contributed by atoms with Crippen LogP contribution in [-0.4, -0.2) is 30.1 Å². The minimum atomic E-state index is -0.784. The number of carbonyl (C=O) groups excluding carboxylic acids is 2. The van der Waals surface area contributed by atoms with Gasteiger partial charge in [-0.1, -0.05) is 78.9 Å². The monoisotopic (exact) mass is 522 g/mol. The van der Waals surface area contributed by atoms with Gasteiger partial charge in [-0.3, -0.25) is 9.59 Å². The van der Waals surface area contributed by atoms with Gasteiger partial charge in [0, 0.05) is 18.7 Å². The van der Waals surface area contributed by atoms with E-state index < -0.39 is 17.3 Å². The number of hydrogen-bond acceptors (Lipinski definition) is 5. The molecule has 7 heteroatoms. The Bertz CT molecular complexity index is 1550. The van der Waals surface area contributed by atoms with Crippen LogP contribution in [0.25, 0.3) is 0 Å². The van der Waals surface area contributed by atoms with Crippen LogP contribution in [-0.2, 0) is 11.3 Å². The number of rotatable bonds is 7. The maximum Gasteiger partial charge on any atom is 0.343 e. The van der Waals surface area contributed by atoms with Gasteiger partial charge in [0.2, 0.25) is 5.43 Å². The molecule has 4 aromatic rings. The van der Waals surface area contributed by atoms with Crippen molar-refractivity contribution in [3.8, 4) is 5.75 Å². The van der Waals surface area contributed by atoms with Gasteiger partial charge in [0.05, 0.1) is 13.2 Å². The molecule has 0 bridgehead atoms. The molecule has 3 aromatic carbocycles. The zero-order valence-corrected chi connectivity index (χ0v) is 22.1. The van der Waals surface area contributed by atoms with E-state index in [1.165, 1.54) is 13.3 Å². The number of nitrogens with one attached hydrogen (secondary N) is 1. The van der Waals surface area contributed by atoms with Crippen molar-refractivity contribution in [2.75, 3.05) is 13.7 Å². The second-order valence-electron chi connectivity index (χ2n) is 9.69. The molecule has 5 rings (SSSR count). The number of pyridine rings is 1. The first kappa shape index (κ1) is 26.0. The van der Waals surface area contributed by atoms with E-state index in [4.69, 9.17) is 9.47 Å². The molecule has 0 aliphatic carbocycles. The highest BCUT2D eigenvalue weighted by molar-refractivity contribution is 5.98. The number of ether oxygens (including phenoxy) is 2. The summed E-state index contributed by atoms with van der Waals surface area (Å²) in [7, 11) is 1.23. The molecular weight excluding hydrogens is 492 g/mol. The van der Waals surface area contributed by atoms with E-state index in [0.29, 0.717) is 6.54 Å². The van der Waals surface area contributed by atoms with Gasteiger partial charge in [0.25, 0.3) is 5.91 Å². The Kier molecular flexibility index (Phi) is 7.32. The summed E-state index contributed by atoms with van der Waals surface area (Å²) >= 11 is 0. The van der Waals surface area contributed by atoms with Crippen molar-refractivity contribution in [3.05, 3.63) is 134 Å². The number of carbonyl (C=O) groups is 2. The number of hydrogen-bond donors (Lipinski definition) is 1. The molecule has 1 unspecified atom stereocenters. The van der Waals surface area contributed by atoms with Crippen LogP contribution in [0.1, 0.15) is 60.6 Å². The van der Waals surface area contributed by atoms with E-state index in [2.05, 4.69) is 43.4 Å². The lowest BCUT2D eigenvalue weighted by Crippen LogP contribution is -2.44. The molecular formula is C32H30N2O5. The number of nitrogens with zero attached hydrogens (tertiary/aromatic N) is 1. The molecule has 1 atom stereocenters. The summed E-state index contributed by atoms with van der Waals surface area (Å²) in [6.07, 6.45) is 1.45. The Morgan fingerprint density at radius 1 is 0.923 bits per heavy atom. The molecule has 0 radical (unpaired) electrons. The average molecular weight is 523 g/mol. The maximum atomic E-state index is 13.5. The van der Waals surface area contributed by atoms with Crippen LogP contribution in [0.5, 0.6) is 5.75 Å². The maximum absolute atomic E-state index is 13.5. The average Bonchev–Trinajstić information content (AvgIpc) is 2.95. The summed E-state index contributed by atoms with van der Waals surface area (Å²) < 4.78 is 12.7. The van der Waals surface area contributed by atoms with E-state index in [0.717, 1.165) is 27.8 Å². The van der Waals surface area contributed by atoms with Crippen LogP contribution in [0.2, 0.25) is 0 Å². The lowest BCUT2D eigenvalue weighted by Gasteiger charge is -2.37. The van der Waals surface area contributed by atoms with E-state index in [1.807, 2.05) is 54.6 Å². The van der Waals surface area contributed by atoms with Crippen LogP contribution < -0.4 is 15.5 Å². The topological polar surface area (TPSA) is 86.6 Å². The highest BCUT2D eigenvalue weighted by Gasteiger charge is 2.37. The first-order chi connectivity index (χ1) is 18.9. The summed E-state index contributed by atoms with van der Waals surface area (Å²) in [4.78, 5) is 39.6. The molecule has 1 aromatic heterocycles. The third-order valence-electron chi connectivity index (χ3n) is 7.30. The van der Waals surface area contributed by atoms with Crippen LogP contribution in [0.3, 0.4) is 0 Å². The molecule has 0 spiro atoms. The minimum Gasteiger partial charge on any atom is -0.483 e. The first-order valence-corrected chi connectivity index (χ1v) is 12.8. The predicted octanol–water partition coefficient (Wildman–Crippen LogP) is 4.95. The normalized spacial score (nSPS) is 14.5. The van der Waals surface area contributed by atoms with Gasteiger partial charge >= 0.3 is 5.97 Å². The lowest BCUT2D eigenvalue weighted by atomic mass is 9.80. The van der Waals surface area contributed by atoms with Gasteiger partial charge in [0.15, 0.2) is 11.4 Å². The Balaban J connectivity index is 1.74. The summed E-state index contributed by atoms with van der Waals surface area (Å²) in [6.45, 7) is 4.47. The predicted molar refractivity (Wildman–Crippen MR) is 148 cm³/mol. The van der Waals surface area contributed by atoms with Gasteiger partial charge < -0.3 is 19.4 Å². The molecule has 1 amide bonds. The van der Waals surface area contributed by atoms with Gasteiger partial charge in [-0.25, -0.2) is 4.79 Å². The number of fused-ring (bicyclic) bond motifs is 1. The SMILES string of the molecule is COC(=O)c1cn2c(c(OCc3ccccc3)c1=O)C(=O)NCC2C(c1ccccc1C)c1ccccc1C. The zero-order chi connectivity index (χ0) is 27.5. The minimum absolute atomic E-state index is 0.0602. The van der Waals surface area contributed by atoms with Crippen molar-refractivity contribution in [2.45, 2.75) is 32.4 Å². The summed E-state index contributed by atoms with van der Waals surface area (Å²) in [6, 6.07) is 25.2. The van der Waals surface area contributed by atoms with Gasteiger partial charge in [0.1, 0.15) is 12.2 Å². The molecule has 0 saturated heterocycles. The molecule has 198 valence electrons. The van der Waals surface area contributed by atoms with Crippen molar-refractivity contribution in [1.82, 2.24) is 9.88 Å². The van der Waals surface area contributed by atoms with Crippen molar-refractivity contribution >= 4 is 11.9 Å². The van der Waals surface area contributed by atoms with E-state index >= 15 is 0 Å². The zero-order valence-electron chi connectivity index (χ0n) is 22.1. The quantitative estimate of drug-likeness (QED) is 0.347. The van der Waals surface area contributed by atoms with Crippen LogP contribution in [0.4, 0.5) is 0 Å². The molecule has 39 heavy (non-hydrogen) atoms. The highest BCUT2D eigenvalue weighted by Crippen LogP contribution is 2.40. The number of aryl methyl sites for hydroxylation is 2. The van der Waals surface area contributed by atoms with Crippen molar-refractivity contribution < 1.29 is 19.1 Å². The first-order valence-electron chi connectivity index (χ1n) is 12.8. The number of benzene rings is 3. The van der Waals surface area contributed by atoms with E-state index in [9.17, 15) is 14.4 Å². The second kappa shape index (κ2) is 11.0. The van der Waals surface area contributed by atoms with Gasteiger partial charge in [-0.15, -0.1) is 0 Å². The second-order valence-corrected chi connectivity index (χ2v) is 9.69. The fourth-order valence-corrected chi connectivity index (χ4v) is 5.32. The fourth-order valence-electron chi connectivity index (χ4n) is 5.32. The Morgan fingerprint density at radius 3 is 2.10 bits per heavy atom. The number of aromatic nitrogens is 1. The fraction of sp³-hybridized carbons (Fsp3) is 0.219. The summed E-state index contributed by atoms with van der Waals surface area (Å²) in [5.41, 5.74) is 4.42. The molecule has 1 aliphatic rings. The van der Waals surface area contributed by atoms with Crippen molar-refractivity contribution in [2.24, 2.45) is 0 Å². The third kappa shape index (κ3) is 4.95. The van der Waals surface area contributed by atoms with Crippen molar-refractivity contribution in [3.63, 3.8) is 0 Å². The van der Waals surface area contributed by atoms with Crippen LogP contribution in [0.15, 0.2) is 89.9 Å². The molecule has 2 heterocycles. The third-order valence-corrected chi connectivity index (χ3v) is 7.30. The summed E-state index contributed by atoms with van der Waals surface area (Å²) in [5, 5.41) is 2.98. The Hall–Kier alpha value is -4.65. The number of esters is 1. The molecule has 1 N–H and O–H groups in total. The number of methoxy groups -OCH3 is 1. The smallest absolute Gasteiger partial charge is 0.343 e. The van der Waals surface area contributed by atoms with E-state index in [1.54, 1.807) is 4.57 Å². The Labute approximate surface area is 227 Å². The van der Waals surface area contributed by atoms with Crippen LogP contribution >= 0.6 is 0 Å². The Morgan fingerprint density at radius 2 is 1.51 bits per heavy atom. The highest BCUT2D eigenvalue weighted by atomic mass is 16.5. The van der Waals surface area contributed by atoms with E-state index in [-0.39, 0.29) is 35.6 Å². The van der Waals surface area contributed by atoms with Crippen molar-refractivity contribution in [1.29, 1.82) is 0 Å².